The number of aryl methyl sites for hydroxylation is 2. The Morgan fingerprint density at radius 2 is 1.85 bits per heavy atom. The maximum Gasteiger partial charge on any atom is 0.243 e. The molecule has 2 heterocycles. The Morgan fingerprint density at radius 3 is 2.62 bits per heavy atom. The summed E-state index contributed by atoms with van der Waals surface area (Å²) in [6.07, 6.45) is 5.18. The molecule has 1 amide bonds. The largest absolute Gasteiger partial charge is 0.354 e. The second kappa shape index (κ2) is 7.19. The molecule has 1 aromatic carbocycles. The molecule has 0 spiro atoms. The van der Waals surface area contributed by atoms with Crippen LogP contribution in [-0.2, 0) is 30.6 Å². The maximum atomic E-state index is 12.1. The van der Waals surface area contributed by atoms with E-state index in [9.17, 15) is 4.79 Å². The summed E-state index contributed by atoms with van der Waals surface area (Å²) in [6.45, 7) is 2.68. The number of amides is 1. The van der Waals surface area contributed by atoms with E-state index >= 15 is 0 Å². The first-order valence-electron chi connectivity index (χ1n) is 9.11. The molecule has 134 valence electrons. The number of rotatable bonds is 5. The predicted octanol–water partition coefficient (Wildman–Crippen LogP) is 1.77. The van der Waals surface area contributed by atoms with E-state index in [1.165, 1.54) is 28.9 Å². The Hall–Kier alpha value is -2.83. The van der Waals surface area contributed by atoms with Gasteiger partial charge in [0, 0.05) is 24.4 Å². The van der Waals surface area contributed by atoms with Gasteiger partial charge in [0.2, 0.25) is 5.91 Å². The molecule has 4 rings (SSSR count). The minimum absolute atomic E-state index is 0.110. The van der Waals surface area contributed by atoms with E-state index in [0.717, 1.165) is 35.4 Å². The Bertz CT molecular complexity index is 915. The molecule has 0 atom stereocenters. The summed E-state index contributed by atoms with van der Waals surface area (Å²) in [7, 11) is 0. The number of benzene rings is 1. The van der Waals surface area contributed by atoms with Crippen molar-refractivity contribution in [1.29, 1.82) is 0 Å². The van der Waals surface area contributed by atoms with Crippen LogP contribution in [0.15, 0.2) is 24.3 Å². The van der Waals surface area contributed by atoms with Crippen molar-refractivity contribution in [2.24, 2.45) is 0 Å². The van der Waals surface area contributed by atoms with Crippen LogP contribution in [0, 0.1) is 6.92 Å². The second-order valence-electron chi connectivity index (χ2n) is 6.68. The molecule has 0 fully saturated rings. The molecule has 7 nitrogen and oxygen atoms in total. The molecule has 0 bridgehead atoms. The normalized spacial score (nSPS) is 13.6. The van der Waals surface area contributed by atoms with E-state index < -0.39 is 0 Å². The van der Waals surface area contributed by atoms with Gasteiger partial charge in [0.25, 0.3) is 0 Å². The summed E-state index contributed by atoms with van der Waals surface area (Å²) in [5.41, 5.74) is 5.18. The lowest BCUT2D eigenvalue weighted by Crippen LogP contribution is -2.30. The monoisotopic (exact) mass is 350 g/mol. The van der Waals surface area contributed by atoms with Crippen molar-refractivity contribution in [1.82, 2.24) is 30.3 Å². The maximum absolute atomic E-state index is 12.1. The fourth-order valence-electron chi connectivity index (χ4n) is 3.43. The third-order valence-corrected chi connectivity index (χ3v) is 4.72. The fraction of sp³-hybridized carbons (Fsp3) is 0.421. The number of fused-ring (bicyclic) bond motifs is 2. The van der Waals surface area contributed by atoms with Crippen LogP contribution >= 0.6 is 0 Å². The Kier molecular flexibility index (Phi) is 4.60. The summed E-state index contributed by atoms with van der Waals surface area (Å²) in [5, 5.41) is 11.5. The first-order valence-corrected chi connectivity index (χ1v) is 9.11. The molecule has 1 aliphatic rings. The summed E-state index contributed by atoms with van der Waals surface area (Å²) >= 11 is 0. The van der Waals surface area contributed by atoms with Crippen LogP contribution < -0.4 is 5.32 Å². The zero-order valence-corrected chi connectivity index (χ0v) is 14.9. The number of hydrogen-bond acceptors (Lipinski definition) is 5. The Labute approximate surface area is 151 Å². The molecule has 0 saturated heterocycles. The van der Waals surface area contributed by atoms with Gasteiger partial charge in [-0.25, -0.2) is 9.97 Å². The average Bonchev–Trinajstić information content (AvgIpc) is 3.04. The molecule has 1 aliphatic carbocycles. The van der Waals surface area contributed by atoms with Gasteiger partial charge in [-0.2, -0.15) is 15.0 Å². The van der Waals surface area contributed by atoms with E-state index in [1.54, 1.807) is 0 Å². The molecular weight excluding hydrogens is 328 g/mol. The topological polar surface area (TPSA) is 85.6 Å². The number of nitrogens with zero attached hydrogens (tertiary/aromatic N) is 5. The van der Waals surface area contributed by atoms with Gasteiger partial charge in [0.1, 0.15) is 23.4 Å². The molecule has 0 unspecified atom stereocenters. The molecule has 0 radical (unpaired) electrons. The SMILES string of the molecule is Cc1nc(CCNC(=O)Cn2nc3ccccc3n2)nc2c1CCCC2. The molecule has 0 aliphatic heterocycles. The summed E-state index contributed by atoms with van der Waals surface area (Å²) in [6, 6.07) is 7.57. The van der Waals surface area contributed by atoms with Gasteiger partial charge in [0.15, 0.2) is 0 Å². The predicted molar refractivity (Wildman–Crippen MR) is 97.7 cm³/mol. The minimum Gasteiger partial charge on any atom is -0.354 e. The number of carbonyl (C=O) groups excluding carboxylic acids is 1. The number of carbonyl (C=O) groups is 1. The van der Waals surface area contributed by atoms with Crippen molar-refractivity contribution in [2.75, 3.05) is 6.54 Å². The summed E-state index contributed by atoms with van der Waals surface area (Å²) < 4.78 is 0. The van der Waals surface area contributed by atoms with Crippen molar-refractivity contribution < 1.29 is 4.79 Å². The van der Waals surface area contributed by atoms with E-state index in [1.807, 2.05) is 24.3 Å². The van der Waals surface area contributed by atoms with Gasteiger partial charge in [-0.05, 0) is 50.3 Å². The minimum atomic E-state index is -0.111. The third-order valence-electron chi connectivity index (χ3n) is 4.72. The quantitative estimate of drug-likeness (QED) is 0.758. The van der Waals surface area contributed by atoms with Crippen LogP contribution in [0.4, 0.5) is 0 Å². The second-order valence-corrected chi connectivity index (χ2v) is 6.68. The molecule has 7 heteroatoms. The van der Waals surface area contributed by atoms with Gasteiger partial charge in [-0.3, -0.25) is 4.79 Å². The van der Waals surface area contributed by atoms with Crippen LogP contribution in [0.1, 0.15) is 35.6 Å². The van der Waals surface area contributed by atoms with Crippen molar-refractivity contribution in [3.63, 3.8) is 0 Å². The van der Waals surface area contributed by atoms with Crippen LogP contribution in [0.3, 0.4) is 0 Å². The molecule has 2 aromatic heterocycles. The lowest BCUT2D eigenvalue weighted by molar-refractivity contribution is -0.122. The Balaban J connectivity index is 1.33. The molecule has 0 saturated carbocycles. The van der Waals surface area contributed by atoms with Crippen molar-refractivity contribution in [3.05, 3.63) is 47.0 Å². The smallest absolute Gasteiger partial charge is 0.243 e. The highest BCUT2D eigenvalue weighted by atomic mass is 16.2. The first-order chi connectivity index (χ1) is 12.7. The molecule has 26 heavy (non-hydrogen) atoms. The highest BCUT2D eigenvalue weighted by Crippen LogP contribution is 2.21. The van der Waals surface area contributed by atoms with Gasteiger partial charge in [0.05, 0.1) is 0 Å². The lowest BCUT2D eigenvalue weighted by atomic mass is 9.95. The first kappa shape index (κ1) is 16.6. The highest BCUT2D eigenvalue weighted by Gasteiger charge is 2.15. The Morgan fingerprint density at radius 1 is 1.12 bits per heavy atom. The van der Waals surface area contributed by atoms with Gasteiger partial charge < -0.3 is 5.32 Å². The standard InChI is InChI=1S/C19H22N6O/c1-13-14-6-2-3-7-15(14)22-18(21-13)10-11-20-19(26)12-25-23-16-8-4-5-9-17(16)24-25/h4-5,8-9H,2-3,6-7,10-12H2,1H3,(H,20,26). The number of aromatic nitrogens is 5. The molecule has 1 N–H and O–H groups in total. The van der Waals surface area contributed by atoms with Crippen LogP contribution in [0.2, 0.25) is 0 Å². The van der Waals surface area contributed by atoms with E-state index in [2.05, 4.69) is 27.4 Å². The van der Waals surface area contributed by atoms with Crippen LogP contribution in [0.5, 0.6) is 0 Å². The number of nitrogens with one attached hydrogen (secondary N) is 1. The molecular formula is C19H22N6O. The number of hydrogen-bond donors (Lipinski definition) is 1. The van der Waals surface area contributed by atoms with Gasteiger partial charge in [-0.1, -0.05) is 12.1 Å². The van der Waals surface area contributed by atoms with Crippen molar-refractivity contribution in [2.45, 2.75) is 45.6 Å². The highest BCUT2D eigenvalue weighted by molar-refractivity contribution is 5.77. The van der Waals surface area contributed by atoms with E-state index in [0.29, 0.717) is 13.0 Å². The average molecular weight is 350 g/mol. The zero-order valence-electron chi connectivity index (χ0n) is 14.9. The van der Waals surface area contributed by atoms with E-state index in [-0.39, 0.29) is 12.5 Å². The van der Waals surface area contributed by atoms with Crippen LogP contribution in [0.25, 0.3) is 11.0 Å². The summed E-state index contributed by atoms with van der Waals surface area (Å²) in [4.78, 5) is 22.9. The van der Waals surface area contributed by atoms with Crippen LogP contribution in [-0.4, -0.2) is 37.4 Å². The van der Waals surface area contributed by atoms with Gasteiger partial charge in [-0.15, -0.1) is 0 Å². The van der Waals surface area contributed by atoms with Crippen molar-refractivity contribution >= 4 is 16.9 Å². The van der Waals surface area contributed by atoms with Crippen molar-refractivity contribution in [3.8, 4) is 0 Å². The zero-order chi connectivity index (χ0) is 17.9. The third kappa shape index (κ3) is 3.56. The lowest BCUT2D eigenvalue weighted by Gasteiger charge is -2.17. The van der Waals surface area contributed by atoms with E-state index in [4.69, 9.17) is 4.98 Å². The fourth-order valence-corrected chi connectivity index (χ4v) is 3.43. The summed E-state index contributed by atoms with van der Waals surface area (Å²) in [5.74, 6) is 0.700. The molecule has 3 aromatic rings. The van der Waals surface area contributed by atoms with Gasteiger partial charge >= 0.3 is 0 Å².